The van der Waals surface area contributed by atoms with Crippen LogP contribution in [0, 0.1) is 0 Å². The zero-order valence-corrected chi connectivity index (χ0v) is 18.3. The number of hydrogen-bond donors (Lipinski definition) is 0. The van der Waals surface area contributed by atoms with Crippen LogP contribution in [-0.2, 0) is 4.74 Å². The van der Waals surface area contributed by atoms with Gasteiger partial charge in [0.1, 0.15) is 17.9 Å². The van der Waals surface area contributed by atoms with Gasteiger partial charge in [-0.25, -0.2) is 14.6 Å². The molecule has 1 fully saturated rings. The SMILES string of the molecule is C=CC=C(SC)n1ncc2c(N3CCN(C(C)=C(C=CC)OC)CC3)ncnc21. The highest BCUT2D eigenvalue weighted by atomic mass is 32.2. The Morgan fingerprint density at radius 2 is 2.00 bits per heavy atom. The highest BCUT2D eigenvalue weighted by Crippen LogP contribution is 2.28. The predicted molar refractivity (Wildman–Crippen MR) is 122 cm³/mol. The third-order valence-corrected chi connectivity index (χ3v) is 5.70. The summed E-state index contributed by atoms with van der Waals surface area (Å²) in [5, 5.41) is 6.48. The van der Waals surface area contributed by atoms with Gasteiger partial charge in [0, 0.05) is 26.2 Å². The molecule has 0 amide bonds. The lowest BCUT2D eigenvalue weighted by atomic mass is 10.2. The third kappa shape index (κ3) is 4.32. The van der Waals surface area contributed by atoms with Crippen LogP contribution in [0.2, 0.25) is 0 Å². The van der Waals surface area contributed by atoms with Crippen molar-refractivity contribution in [1.29, 1.82) is 0 Å². The Bertz CT molecular complexity index is 953. The van der Waals surface area contributed by atoms with Crippen LogP contribution in [0.15, 0.2) is 54.9 Å². The zero-order chi connectivity index (χ0) is 20.8. The number of nitrogens with zero attached hydrogens (tertiary/aromatic N) is 6. The molecule has 1 aliphatic rings. The number of aromatic nitrogens is 4. The van der Waals surface area contributed by atoms with E-state index in [2.05, 4.69) is 38.4 Å². The van der Waals surface area contributed by atoms with Gasteiger partial charge in [0.2, 0.25) is 0 Å². The smallest absolute Gasteiger partial charge is 0.168 e. The molecule has 1 saturated heterocycles. The van der Waals surface area contributed by atoms with Gasteiger partial charge >= 0.3 is 0 Å². The second-order valence-corrected chi connectivity index (χ2v) is 7.39. The standard InChI is InChI=1S/C21H28N6OS/c1-6-8-18(28-4)16(3)25-10-12-26(13-11-25)20-17-14-24-27(19(29-5)9-7-2)21(17)23-15-22-20/h6-9,14-15H,2,10-13H2,1,3-5H3. The monoisotopic (exact) mass is 412 g/mol. The molecule has 0 aliphatic carbocycles. The minimum atomic E-state index is 0.811. The van der Waals surface area contributed by atoms with Crippen LogP contribution in [0.25, 0.3) is 16.1 Å². The van der Waals surface area contributed by atoms with E-state index in [1.807, 2.05) is 42.3 Å². The molecule has 0 spiro atoms. The lowest BCUT2D eigenvalue weighted by Gasteiger charge is -2.37. The first-order chi connectivity index (χ1) is 14.1. The van der Waals surface area contributed by atoms with Crippen LogP contribution in [0.4, 0.5) is 5.82 Å². The van der Waals surface area contributed by atoms with E-state index in [-0.39, 0.29) is 0 Å². The van der Waals surface area contributed by atoms with E-state index < -0.39 is 0 Å². The average molecular weight is 413 g/mol. The molecule has 3 heterocycles. The molecule has 3 rings (SSSR count). The van der Waals surface area contributed by atoms with Gasteiger partial charge in [-0.05, 0) is 32.3 Å². The van der Waals surface area contributed by atoms with E-state index in [9.17, 15) is 0 Å². The number of piperazine rings is 1. The second-order valence-electron chi connectivity index (χ2n) is 6.56. The molecule has 0 saturated carbocycles. The molecule has 0 unspecified atom stereocenters. The Morgan fingerprint density at radius 1 is 1.24 bits per heavy atom. The number of thioether (sulfide) groups is 1. The van der Waals surface area contributed by atoms with Crippen LogP contribution in [-0.4, -0.2) is 64.2 Å². The maximum absolute atomic E-state index is 5.52. The van der Waals surface area contributed by atoms with Gasteiger partial charge in [-0.2, -0.15) is 5.10 Å². The second kappa shape index (κ2) is 9.65. The van der Waals surface area contributed by atoms with Crippen molar-refractivity contribution in [1.82, 2.24) is 24.6 Å². The molecule has 0 aromatic carbocycles. The fraction of sp³-hybridized carbons (Fsp3) is 0.381. The van der Waals surface area contributed by atoms with Gasteiger partial charge < -0.3 is 14.5 Å². The van der Waals surface area contributed by atoms with Gasteiger partial charge in [0.05, 0.1) is 29.4 Å². The van der Waals surface area contributed by atoms with Gasteiger partial charge in [0.15, 0.2) is 5.65 Å². The van der Waals surface area contributed by atoms with E-state index in [4.69, 9.17) is 4.74 Å². The zero-order valence-electron chi connectivity index (χ0n) is 17.5. The van der Waals surface area contributed by atoms with E-state index in [0.717, 1.165) is 59.5 Å². The summed E-state index contributed by atoms with van der Waals surface area (Å²) in [5.74, 6) is 1.84. The number of rotatable bonds is 7. The molecule has 29 heavy (non-hydrogen) atoms. The largest absolute Gasteiger partial charge is 0.495 e. The highest BCUT2D eigenvalue weighted by molar-refractivity contribution is 8.07. The van der Waals surface area contributed by atoms with E-state index in [1.165, 1.54) is 0 Å². The number of hydrogen-bond acceptors (Lipinski definition) is 7. The molecule has 0 N–H and O–H groups in total. The molecule has 8 heteroatoms. The first kappa shape index (κ1) is 21.0. The van der Waals surface area contributed by atoms with Gasteiger partial charge in [0.25, 0.3) is 0 Å². The van der Waals surface area contributed by atoms with Crippen LogP contribution in [0.3, 0.4) is 0 Å². The molecule has 0 atom stereocenters. The molecule has 7 nitrogen and oxygen atoms in total. The van der Waals surface area contributed by atoms with Gasteiger partial charge in [-0.3, -0.25) is 0 Å². The summed E-state index contributed by atoms with van der Waals surface area (Å²) in [4.78, 5) is 13.7. The number of anilines is 1. The van der Waals surface area contributed by atoms with Crippen molar-refractivity contribution in [3.05, 3.63) is 54.9 Å². The Balaban J connectivity index is 1.84. The first-order valence-corrected chi connectivity index (χ1v) is 10.8. The van der Waals surface area contributed by atoms with E-state index in [1.54, 1.807) is 31.3 Å². The van der Waals surface area contributed by atoms with E-state index in [0.29, 0.717) is 0 Å². The van der Waals surface area contributed by atoms with Gasteiger partial charge in [-0.15, -0.1) is 11.8 Å². The molecule has 2 aromatic heterocycles. The fourth-order valence-corrected chi connectivity index (χ4v) is 4.01. The number of fused-ring (bicyclic) bond motifs is 1. The van der Waals surface area contributed by atoms with Crippen molar-refractivity contribution in [2.24, 2.45) is 0 Å². The minimum absolute atomic E-state index is 0.811. The third-order valence-electron chi connectivity index (χ3n) is 4.97. The Morgan fingerprint density at radius 3 is 2.62 bits per heavy atom. The van der Waals surface area contributed by atoms with Crippen molar-refractivity contribution in [2.75, 3.05) is 44.4 Å². The van der Waals surface area contributed by atoms with E-state index >= 15 is 0 Å². The maximum Gasteiger partial charge on any atom is 0.168 e. The van der Waals surface area contributed by atoms with Crippen molar-refractivity contribution in [3.8, 4) is 0 Å². The van der Waals surface area contributed by atoms with Crippen molar-refractivity contribution >= 4 is 33.6 Å². The Hall–Kier alpha value is -2.74. The Labute approximate surface area is 176 Å². The average Bonchev–Trinajstić information content (AvgIpc) is 3.19. The highest BCUT2D eigenvalue weighted by Gasteiger charge is 2.23. The number of ether oxygens (including phenoxy) is 1. The molecule has 154 valence electrons. The van der Waals surface area contributed by atoms with Crippen molar-refractivity contribution < 1.29 is 4.74 Å². The Kier molecular flexibility index (Phi) is 6.98. The molecule has 0 radical (unpaired) electrons. The summed E-state index contributed by atoms with van der Waals surface area (Å²) < 4.78 is 7.37. The number of methoxy groups -OCH3 is 1. The topological polar surface area (TPSA) is 59.3 Å². The fourth-order valence-electron chi connectivity index (χ4n) is 3.47. The predicted octanol–water partition coefficient (Wildman–Crippen LogP) is 3.75. The quantitative estimate of drug-likeness (QED) is 0.507. The molecule has 0 bridgehead atoms. The molecular formula is C21H28N6OS. The summed E-state index contributed by atoms with van der Waals surface area (Å²) in [6.45, 7) is 11.5. The summed E-state index contributed by atoms with van der Waals surface area (Å²) in [7, 11) is 1.72. The normalized spacial score (nSPS) is 16.5. The van der Waals surface area contributed by atoms with Gasteiger partial charge in [-0.1, -0.05) is 18.7 Å². The van der Waals surface area contributed by atoms with Crippen LogP contribution in [0.1, 0.15) is 13.8 Å². The summed E-state index contributed by atoms with van der Waals surface area (Å²) in [6, 6.07) is 0. The van der Waals surface area contributed by atoms with Crippen molar-refractivity contribution in [2.45, 2.75) is 13.8 Å². The van der Waals surface area contributed by atoms with Crippen LogP contribution >= 0.6 is 11.8 Å². The molecule has 1 aliphatic heterocycles. The van der Waals surface area contributed by atoms with Crippen LogP contribution < -0.4 is 4.90 Å². The minimum Gasteiger partial charge on any atom is -0.495 e. The molecular weight excluding hydrogens is 384 g/mol. The summed E-state index contributed by atoms with van der Waals surface area (Å²) >= 11 is 1.61. The summed E-state index contributed by atoms with van der Waals surface area (Å²) in [5.41, 5.74) is 1.97. The molecule has 2 aromatic rings. The van der Waals surface area contributed by atoms with Crippen LogP contribution in [0.5, 0.6) is 0 Å². The van der Waals surface area contributed by atoms with Crippen molar-refractivity contribution in [3.63, 3.8) is 0 Å². The maximum atomic E-state index is 5.52. The first-order valence-electron chi connectivity index (χ1n) is 9.57. The summed E-state index contributed by atoms with van der Waals surface area (Å²) in [6.07, 6.45) is 13.2. The lowest BCUT2D eigenvalue weighted by Crippen LogP contribution is -2.46. The number of allylic oxidation sites excluding steroid dienone is 5. The lowest BCUT2D eigenvalue weighted by molar-refractivity contribution is 0.259.